The van der Waals surface area contributed by atoms with Gasteiger partial charge in [0.15, 0.2) is 0 Å². The van der Waals surface area contributed by atoms with Crippen LogP contribution >= 0.6 is 0 Å². The van der Waals surface area contributed by atoms with Crippen LogP contribution in [0.5, 0.6) is 0 Å². The Hall–Kier alpha value is -0.791. The predicted octanol–water partition coefficient (Wildman–Crippen LogP) is 6.61. The van der Waals surface area contributed by atoms with Crippen molar-refractivity contribution >= 4 is 40.4 Å². The normalized spacial score (nSPS) is 9.85. The van der Waals surface area contributed by atoms with Crippen LogP contribution in [0, 0.1) is 0 Å². The molecule has 6 nitrogen and oxygen atoms in total. The molecule has 0 rings (SSSR count). The van der Waals surface area contributed by atoms with Gasteiger partial charge in [0.2, 0.25) is 0 Å². The molecule has 0 aliphatic heterocycles. The molecule has 0 N–H and O–H groups in total. The summed E-state index contributed by atoms with van der Waals surface area (Å²) < 4.78 is 1.45. The van der Waals surface area contributed by atoms with Gasteiger partial charge in [-0.15, -0.1) is 0 Å². The summed E-state index contributed by atoms with van der Waals surface area (Å²) in [5.41, 5.74) is 0. The van der Waals surface area contributed by atoms with E-state index in [9.17, 15) is 29.7 Å². The molecule has 0 fully saturated rings. The van der Waals surface area contributed by atoms with Gasteiger partial charge in [0.25, 0.3) is 0 Å². The van der Waals surface area contributed by atoms with Crippen LogP contribution in [-0.4, -0.2) is 40.4 Å². The molecule has 0 amide bonds. The summed E-state index contributed by atoms with van der Waals surface area (Å²) in [6.45, 7) is 8.76. The number of rotatable bonds is 25. The van der Waals surface area contributed by atoms with Gasteiger partial charge < -0.3 is 29.7 Å². The number of aliphatic carboxylic acids is 3. The van der Waals surface area contributed by atoms with E-state index in [1.54, 1.807) is 22.5 Å². The van der Waals surface area contributed by atoms with E-state index >= 15 is 0 Å². The van der Waals surface area contributed by atoms with Gasteiger partial charge >= 0.3 is 59.6 Å². The Morgan fingerprint density at radius 2 is 0.575 bits per heavy atom. The Bertz CT molecular complexity index is 434. The van der Waals surface area contributed by atoms with Gasteiger partial charge in [-0.2, -0.15) is 0 Å². The summed E-state index contributed by atoms with van der Waals surface area (Å²) in [5, 5.41) is 29.9. The monoisotopic (exact) mass is 676 g/mol. The third-order valence-electron chi connectivity index (χ3n) is 6.23. The third kappa shape index (κ3) is 65.9. The van der Waals surface area contributed by atoms with Crippen molar-refractivity contribution in [2.75, 3.05) is 0 Å². The Kier molecular flexibility index (Phi) is 52.2. The van der Waals surface area contributed by atoms with Gasteiger partial charge in [0, 0.05) is 17.9 Å². The molecule has 40 heavy (non-hydrogen) atoms. The van der Waals surface area contributed by atoms with Crippen molar-refractivity contribution in [2.45, 2.75) is 193 Å². The van der Waals surface area contributed by atoms with E-state index in [4.69, 9.17) is 0 Å². The van der Waals surface area contributed by atoms with Crippen molar-refractivity contribution in [3.8, 4) is 0 Å². The van der Waals surface area contributed by atoms with Crippen LogP contribution in [0.25, 0.3) is 0 Å². The quantitative estimate of drug-likeness (QED) is 0.0793. The first-order chi connectivity index (χ1) is 19.2. The predicted molar refractivity (Wildman–Crippen MR) is 164 cm³/mol. The summed E-state index contributed by atoms with van der Waals surface area (Å²) in [4.78, 5) is 29.9. The maximum absolute atomic E-state index is 9.98. The zero-order valence-corrected chi connectivity index (χ0v) is 29.7. The SMILES string of the molecule is CCCCCCCCC(=O)[O-].CCCCCCCCC(=O)[O-].CCCCCCCCC(=O)[O-].CCCCC[CH2][Sn+3]. The van der Waals surface area contributed by atoms with Crippen molar-refractivity contribution in [1.82, 2.24) is 0 Å². The van der Waals surface area contributed by atoms with Crippen LogP contribution in [0.15, 0.2) is 0 Å². The first-order valence-corrected chi connectivity index (χ1v) is 18.5. The molecule has 0 heterocycles. The molecule has 0 spiro atoms. The fourth-order valence-corrected chi connectivity index (χ4v) is 4.41. The zero-order valence-electron chi connectivity index (χ0n) is 26.8. The molecular formula is C33H64O6Sn. The van der Waals surface area contributed by atoms with Gasteiger partial charge in [-0.3, -0.25) is 0 Å². The number of carbonyl (C=O) groups is 3. The molecule has 236 valence electrons. The third-order valence-corrected chi connectivity index (χ3v) is 7.24. The average molecular weight is 676 g/mol. The average Bonchev–Trinajstić information content (AvgIpc) is 2.91. The summed E-state index contributed by atoms with van der Waals surface area (Å²) in [6, 6.07) is 0. The Labute approximate surface area is 262 Å². The fraction of sp³-hybridized carbons (Fsp3) is 0.909. The molecule has 0 aromatic heterocycles. The van der Waals surface area contributed by atoms with E-state index in [2.05, 4.69) is 27.7 Å². The van der Waals surface area contributed by atoms with Crippen molar-refractivity contribution in [2.24, 2.45) is 0 Å². The van der Waals surface area contributed by atoms with E-state index in [1.807, 2.05) is 0 Å². The number of hydrogen-bond acceptors (Lipinski definition) is 6. The van der Waals surface area contributed by atoms with Gasteiger partial charge in [0.1, 0.15) is 0 Å². The molecular weight excluding hydrogens is 611 g/mol. The first kappa shape index (κ1) is 46.2. The van der Waals surface area contributed by atoms with Gasteiger partial charge in [0.05, 0.1) is 0 Å². The fourth-order valence-electron chi connectivity index (χ4n) is 3.70. The second-order valence-corrected chi connectivity index (χ2v) is 11.9. The molecule has 0 aliphatic rings. The minimum absolute atomic E-state index is 0.228. The maximum atomic E-state index is 9.98. The molecule has 0 unspecified atom stereocenters. The molecule has 0 radical (unpaired) electrons. The molecule has 0 aromatic rings. The first-order valence-electron chi connectivity index (χ1n) is 16.5. The van der Waals surface area contributed by atoms with Crippen molar-refractivity contribution in [1.29, 1.82) is 0 Å². The number of unbranched alkanes of at least 4 members (excludes halogenated alkanes) is 18. The topological polar surface area (TPSA) is 120 Å². The van der Waals surface area contributed by atoms with Gasteiger partial charge in [-0.05, 0) is 38.5 Å². The van der Waals surface area contributed by atoms with Gasteiger partial charge in [-0.25, -0.2) is 0 Å². The number of hydrogen-bond donors (Lipinski definition) is 0. The van der Waals surface area contributed by atoms with E-state index in [-0.39, 0.29) is 19.3 Å². The van der Waals surface area contributed by atoms with Crippen LogP contribution in [-0.2, 0) is 14.4 Å². The van der Waals surface area contributed by atoms with Crippen LogP contribution < -0.4 is 15.3 Å². The van der Waals surface area contributed by atoms with E-state index in [1.165, 1.54) is 107 Å². The summed E-state index contributed by atoms with van der Waals surface area (Å²) in [6.07, 6.45) is 26.6. The van der Waals surface area contributed by atoms with Crippen molar-refractivity contribution in [3.05, 3.63) is 0 Å². The zero-order chi connectivity index (χ0) is 31.1. The van der Waals surface area contributed by atoms with E-state index < -0.39 is 17.9 Å². The minimum atomic E-state index is -0.916. The summed E-state index contributed by atoms with van der Waals surface area (Å²) in [7, 11) is 0. The van der Waals surface area contributed by atoms with Crippen LogP contribution in [0.2, 0.25) is 4.44 Å². The molecule has 0 saturated carbocycles. The molecule has 0 aromatic carbocycles. The van der Waals surface area contributed by atoms with Crippen LogP contribution in [0.4, 0.5) is 0 Å². The Balaban J connectivity index is -0.000000219. The van der Waals surface area contributed by atoms with Crippen LogP contribution in [0.1, 0.15) is 188 Å². The van der Waals surface area contributed by atoms with Crippen molar-refractivity contribution in [3.63, 3.8) is 0 Å². The van der Waals surface area contributed by atoms with Gasteiger partial charge in [-0.1, -0.05) is 117 Å². The Morgan fingerprint density at radius 3 is 0.775 bits per heavy atom. The molecule has 0 aliphatic carbocycles. The standard InChI is InChI=1S/3C9H18O2.C6H13.Sn/c3*1-2-3-4-5-6-7-8-9(10)11;1-3-5-6-4-2;/h3*2-8H2,1H3,(H,10,11);1,3-6H2,2H3;/q;;;;+3/p-3. The number of carbonyl (C=O) groups excluding carboxylic acids is 3. The number of carboxylic acids is 3. The molecule has 7 heteroatoms. The van der Waals surface area contributed by atoms with E-state index in [0.29, 0.717) is 0 Å². The van der Waals surface area contributed by atoms with Crippen molar-refractivity contribution < 1.29 is 29.7 Å². The second-order valence-electron chi connectivity index (χ2n) is 10.5. The number of carboxylic acid groups (broad SMARTS) is 3. The Morgan fingerprint density at radius 1 is 0.375 bits per heavy atom. The summed E-state index contributed by atoms with van der Waals surface area (Å²) in [5.74, 6) is -2.75. The van der Waals surface area contributed by atoms with E-state index in [0.717, 1.165) is 38.5 Å². The van der Waals surface area contributed by atoms with Crippen LogP contribution in [0.3, 0.4) is 0 Å². The molecule has 0 atom stereocenters. The molecule has 0 bridgehead atoms. The second kappa shape index (κ2) is 45.2. The summed E-state index contributed by atoms with van der Waals surface area (Å²) >= 11 is 1.70. The molecule has 0 saturated heterocycles.